The molecule has 2 nitrogen and oxygen atoms in total. The van der Waals surface area contributed by atoms with Gasteiger partial charge >= 0.3 is 0 Å². The topological polar surface area (TPSA) is 18.5 Å². The average molecular weight is 196 g/mol. The number of ether oxygens (including phenoxy) is 2. The predicted octanol–water partition coefficient (Wildman–Crippen LogP) is 2.65. The molecule has 0 N–H and O–H groups in total. The minimum atomic E-state index is -0.529. The lowest BCUT2D eigenvalue weighted by Crippen LogP contribution is -2.19. The van der Waals surface area contributed by atoms with Gasteiger partial charge in [-0.15, -0.1) is 0 Å². The number of halogens is 1. The molecule has 1 unspecified atom stereocenters. The van der Waals surface area contributed by atoms with Crippen LogP contribution in [0.25, 0.3) is 0 Å². The maximum absolute atomic E-state index is 12.7. The van der Waals surface area contributed by atoms with Crippen molar-refractivity contribution in [3.8, 4) is 0 Å². The second-order valence-corrected chi connectivity index (χ2v) is 3.87. The maximum atomic E-state index is 12.7. The summed E-state index contributed by atoms with van der Waals surface area (Å²) in [6.07, 6.45) is -0.0781. The van der Waals surface area contributed by atoms with E-state index in [0.29, 0.717) is 6.61 Å². The van der Waals surface area contributed by atoms with Crippen molar-refractivity contribution in [2.75, 3.05) is 6.61 Å². The molecule has 1 aromatic rings. The standard InChI is InChI=1S/C11H13FO2/c1-11(2)13-7-10(14-11)8-3-5-9(12)6-4-8/h3-6,10H,7H2,1-2H3. The Hall–Kier alpha value is -0.930. The molecule has 1 saturated heterocycles. The molecule has 0 spiro atoms. The summed E-state index contributed by atoms with van der Waals surface area (Å²) in [5.74, 6) is -0.758. The summed E-state index contributed by atoms with van der Waals surface area (Å²) in [6, 6.07) is 6.32. The monoisotopic (exact) mass is 196 g/mol. The Balaban J connectivity index is 2.14. The second-order valence-electron chi connectivity index (χ2n) is 3.87. The van der Waals surface area contributed by atoms with Crippen LogP contribution in [0.2, 0.25) is 0 Å². The average Bonchev–Trinajstić information content (AvgIpc) is 2.47. The van der Waals surface area contributed by atoms with E-state index in [1.165, 1.54) is 12.1 Å². The van der Waals surface area contributed by atoms with Gasteiger partial charge in [-0.3, -0.25) is 0 Å². The SMILES string of the molecule is CC1(C)OCC(c2ccc(F)cc2)O1. The van der Waals surface area contributed by atoms with Crippen LogP contribution in [0.4, 0.5) is 4.39 Å². The van der Waals surface area contributed by atoms with E-state index in [-0.39, 0.29) is 11.9 Å². The minimum absolute atomic E-state index is 0.0781. The van der Waals surface area contributed by atoms with Crippen LogP contribution < -0.4 is 0 Å². The van der Waals surface area contributed by atoms with Crippen molar-refractivity contribution in [3.63, 3.8) is 0 Å². The van der Waals surface area contributed by atoms with Crippen LogP contribution in [0, 0.1) is 5.82 Å². The smallest absolute Gasteiger partial charge is 0.163 e. The Morgan fingerprint density at radius 3 is 2.43 bits per heavy atom. The largest absolute Gasteiger partial charge is 0.347 e. The first kappa shape index (κ1) is 9.62. The van der Waals surface area contributed by atoms with E-state index in [9.17, 15) is 4.39 Å². The molecular weight excluding hydrogens is 183 g/mol. The quantitative estimate of drug-likeness (QED) is 0.687. The third kappa shape index (κ3) is 1.94. The fourth-order valence-electron chi connectivity index (χ4n) is 1.53. The van der Waals surface area contributed by atoms with Crippen molar-refractivity contribution in [2.24, 2.45) is 0 Å². The van der Waals surface area contributed by atoms with Gasteiger partial charge in [-0.25, -0.2) is 4.39 Å². The van der Waals surface area contributed by atoms with Gasteiger partial charge in [0.15, 0.2) is 5.79 Å². The van der Waals surface area contributed by atoms with Crippen LogP contribution in [-0.2, 0) is 9.47 Å². The van der Waals surface area contributed by atoms with Crippen LogP contribution in [0.5, 0.6) is 0 Å². The molecule has 76 valence electrons. The first-order valence-electron chi connectivity index (χ1n) is 4.64. The molecule has 0 saturated carbocycles. The lowest BCUT2D eigenvalue weighted by Gasteiger charge is -2.17. The molecule has 0 amide bonds. The summed E-state index contributed by atoms with van der Waals surface area (Å²) in [7, 11) is 0. The molecule has 1 fully saturated rings. The first-order valence-corrected chi connectivity index (χ1v) is 4.64. The van der Waals surface area contributed by atoms with E-state index >= 15 is 0 Å². The molecule has 14 heavy (non-hydrogen) atoms. The Morgan fingerprint density at radius 2 is 1.93 bits per heavy atom. The van der Waals surface area contributed by atoms with E-state index in [1.54, 1.807) is 12.1 Å². The molecule has 2 rings (SSSR count). The van der Waals surface area contributed by atoms with Crippen LogP contribution in [0.15, 0.2) is 24.3 Å². The highest BCUT2D eigenvalue weighted by Gasteiger charge is 2.33. The Kier molecular flexibility index (Phi) is 2.29. The predicted molar refractivity (Wildman–Crippen MR) is 50.3 cm³/mol. The molecule has 1 aliphatic rings. The summed E-state index contributed by atoms with van der Waals surface area (Å²) in [6.45, 7) is 4.27. The number of hydrogen-bond acceptors (Lipinski definition) is 2. The fourth-order valence-corrected chi connectivity index (χ4v) is 1.53. The van der Waals surface area contributed by atoms with Crippen molar-refractivity contribution >= 4 is 0 Å². The van der Waals surface area contributed by atoms with Gasteiger partial charge in [-0.05, 0) is 31.5 Å². The van der Waals surface area contributed by atoms with Crippen molar-refractivity contribution in [1.29, 1.82) is 0 Å². The normalized spacial score (nSPS) is 25.2. The van der Waals surface area contributed by atoms with Crippen LogP contribution in [-0.4, -0.2) is 12.4 Å². The van der Waals surface area contributed by atoms with Gasteiger partial charge in [0, 0.05) is 0 Å². The summed E-state index contributed by atoms with van der Waals surface area (Å²) in [5.41, 5.74) is 0.956. The molecule has 0 aliphatic carbocycles. The molecule has 0 aromatic heterocycles. The van der Waals surface area contributed by atoms with Crippen LogP contribution >= 0.6 is 0 Å². The van der Waals surface area contributed by atoms with E-state index in [0.717, 1.165) is 5.56 Å². The Labute approximate surface area is 82.6 Å². The van der Waals surface area contributed by atoms with E-state index in [4.69, 9.17) is 9.47 Å². The van der Waals surface area contributed by atoms with Crippen molar-refractivity contribution in [1.82, 2.24) is 0 Å². The first-order chi connectivity index (χ1) is 6.57. The van der Waals surface area contributed by atoms with Gasteiger partial charge in [-0.1, -0.05) is 12.1 Å². The van der Waals surface area contributed by atoms with Crippen molar-refractivity contribution < 1.29 is 13.9 Å². The van der Waals surface area contributed by atoms with Gasteiger partial charge < -0.3 is 9.47 Å². The van der Waals surface area contributed by atoms with Crippen LogP contribution in [0.3, 0.4) is 0 Å². The third-order valence-electron chi connectivity index (χ3n) is 2.25. The summed E-state index contributed by atoms with van der Waals surface area (Å²) in [4.78, 5) is 0. The number of rotatable bonds is 1. The zero-order valence-electron chi connectivity index (χ0n) is 8.29. The molecule has 0 radical (unpaired) electrons. The van der Waals surface area contributed by atoms with Gasteiger partial charge in [0.2, 0.25) is 0 Å². The van der Waals surface area contributed by atoms with E-state index in [2.05, 4.69) is 0 Å². The minimum Gasteiger partial charge on any atom is -0.347 e. The van der Waals surface area contributed by atoms with Crippen molar-refractivity contribution in [2.45, 2.75) is 25.7 Å². The highest BCUT2D eigenvalue weighted by Crippen LogP contribution is 2.32. The van der Waals surface area contributed by atoms with Crippen molar-refractivity contribution in [3.05, 3.63) is 35.6 Å². The van der Waals surface area contributed by atoms with Gasteiger partial charge in [0.1, 0.15) is 11.9 Å². The highest BCUT2D eigenvalue weighted by atomic mass is 19.1. The molecule has 1 atom stereocenters. The molecular formula is C11H13FO2. The number of hydrogen-bond donors (Lipinski definition) is 0. The Bertz CT molecular complexity index is 319. The second kappa shape index (κ2) is 3.33. The lowest BCUT2D eigenvalue weighted by atomic mass is 10.1. The van der Waals surface area contributed by atoms with Gasteiger partial charge in [0.05, 0.1) is 6.61 Å². The van der Waals surface area contributed by atoms with E-state index in [1.807, 2.05) is 13.8 Å². The van der Waals surface area contributed by atoms with Crippen LogP contribution in [0.1, 0.15) is 25.5 Å². The van der Waals surface area contributed by atoms with Gasteiger partial charge in [-0.2, -0.15) is 0 Å². The molecule has 1 aliphatic heterocycles. The zero-order valence-corrected chi connectivity index (χ0v) is 8.29. The summed E-state index contributed by atoms with van der Waals surface area (Å²) < 4.78 is 23.7. The molecule has 3 heteroatoms. The lowest BCUT2D eigenvalue weighted by molar-refractivity contribution is -0.139. The molecule has 1 heterocycles. The fraction of sp³-hybridized carbons (Fsp3) is 0.455. The third-order valence-corrected chi connectivity index (χ3v) is 2.25. The summed E-state index contributed by atoms with van der Waals surface area (Å²) in [5, 5.41) is 0. The van der Waals surface area contributed by atoms with Gasteiger partial charge in [0.25, 0.3) is 0 Å². The highest BCUT2D eigenvalue weighted by molar-refractivity contribution is 5.19. The Morgan fingerprint density at radius 1 is 1.29 bits per heavy atom. The number of benzene rings is 1. The maximum Gasteiger partial charge on any atom is 0.163 e. The molecule has 0 bridgehead atoms. The molecule has 1 aromatic carbocycles. The summed E-state index contributed by atoms with van der Waals surface area (Å²) >= 11 is 0. The zero-order chi connectivity index (χ0) is 10.2. The van der Waals surface area contributed by atoms with E-state index < -0.39 is 5.79 Å².